The van der Waals surface area contributed by atoms with Crippen LogP contribution < -0.4 is 20.1 Å². The molecule has 0 aliphatic heterocycles. The molecule has 1 unspecified atom stereocenters. The summed E-state index contributed by atoms with van der Waals surface area (Å²) in [5.41, 5.74) is 1.84. The van der Waals surface area contributed by atoms with Gasteiger partial charge in [-0.3, -0.25) is 0 Å². The fourth-order valence-corrected chi connectivity index (χ4v) is 2.48. The zero-order valence-corrected chi connectivity index (χ0v) is 15.2. The van der Waals surface area contributed by atoms with Gasteiger partial charge in [-0.2, -0.15) is 0 Å². The third-order valence-electron chi connectivity index (χ3n) is 3.54. The maximum atomic E-state index is 12.1. The number of methoxy groups -OCH3 is 1. The summed E-state index contributed by atoms with van der Waals surface area (Å²) >= 11 is 0. The zero-order valence-electron chi connectivity index (χ0n) is 15.2. The number of hydrogen-bond donors (Lipinski definition) is 2. The van der Waals surface area contributed by atoms with Gasteiger partial charge in [-0.15, -0.1) is 0 Å². The number of ether oxygens (including phenoxy) is 2. The van der Waals surface area contributed by atoms with Crippen LogP contribution in [0.15, 0.2) is 48.5 Å². The number of nitrogens with one attached hydrogen (secondary N) is 2. The standard InChI is InChI=1S/C20H26N2O3/c1-14(2)25-18-10-8-17(9-11-18)22-20(23)21-15(3)12-16-6-5-7-19(13-16)24-4/h5-11,13-15H,12H2,1-4H3,(H2,21,22,23). The third-order valence-corrected chi connectivity index (χ3v) is 3.54. The molecule has 5 nitrogen and oxygen atoms in total. The van der Waals surface area contributed by atoms with Gasteiger partial charge in [0.15, 0.2) is 0 Å². The fourth-order valence-electron chi connectivity index (χ4n) is 2.48. The minimum absolute atomic E-state index is 0.00402. The maximum Gasteiger partial charge on any atom is 0.319 e. The van der Waals surface area contributed by atoms with Crippen molar-refractivity contribution in [3.63, 3.8) is 0 Å². The minimum Gasteiger partial charge on any atom is -0.497 e. The molecule has 0 heterocycles. The summed E-state index contributed by atoms with van der Waals surface area (Å²) in [6.45, 7) is 5.92. The molecule has 0 spiro atoms. The molecular formula is C20H26N2O3. The summed E-state index contributed by atoms with van der Waals surface area (Å²) in [6, 6.07) is 14.9. The molecule has 0 fully saturated rings. The molecule has 2 aromatic carbocycles. The van der Waals surface area contributed by atoms with Crippen LogP contribution in [0, 0.1) is 0 Å². The number of carbonyl (C=O) groups is 1. The predicted molar refractivity (Wildman–Crippen MR) is 101 cm³/mol. The van der Waals surface area contributed by atoms with Gasteiger partial charge in [-0.25, -0.2) is 4.79 Å². The molecule has 0 aromatic heterocycles. The lowest BCUT2D eigenvalue weighted by molar-refractivity contribution is 0.242. The Morgan fingerprint density at radius 1 is 1.04 bits per heavy atom. The topological polar surface area (TPSA) is 59.6 Å². The Morgan fingerprint density at radius 2 is 1.76 bits per heavy atom. The second-order valence-corrected chi connectivity index (χ2v) is 6.25. The predicted octanol–water partition coefficient (Wildman–Crippen LogP) is 4.24. The van der Waals surface area contributed by atoms with Crippen LogP contribution in [0.4, 0.5) is 10.5 Å². The van der Waals surface area contributed by atoms with Gasteiger partial charge in [-0.05, 0) is 69.2 Å². The Kier molecular flexibility index (Phi) is 6.69. The van der Waals surface area contributed by atoms with Gasteiger partial charge in [0.05, 0.1) is 13.2 Å². The van der Waals surface area contributed by atoms with Crippen molar-refractivity contribution in [1.29, 1.82) is 0 Å². The first-order valence-electron chi connectivity index (χ1n) is 8.43. The second kappa shape index (κ2) is 8.97. The Bertz CT molecular complexity index is 684. The SMILES string of the molecule is COc1cccc(CC(C)NC(=O)Nc2ccc(OC(C)C)cc2)c1. The highest BCUT2D eigenvalue weighted by molar-refractivity contribution is 5.89. The van der Waals surface area contributed by atoms with Crippen LogP contribution in [-0.2, 0) is 6.42 Å². The first-order valence-corrected chi connectivity index (χ1v) is 8.43. The van der Waals surface area contributed by atoms with Gasteiger partial charge in [0, 0.05) is 11.7 Å². The van der Waals surface area contributed by atoms with E-state index in [0.717, 1.165) is 29.2 Å². The normalized spacial score (nSPS) is 11.7. The van der Waals surface area contributed by atoms with Gasteiger partial charge in [0.1, 0.15) is 11.5 Å². The Labute approximate surface area is 149 Å². The number of rotatable bonds is 7. The van der Waals surface area contributed by atoms with Crippen LogP contribution >= 0.6 is 0 Å². The molecule has 2 rings (SSSR count). The highest BCUT2D eigenvalue weighted by atomic mass is 16.5. The summed E-state index contributed by atoms with van der Waals surface area (Å²) in [5, 5.41) is 5.77. The number of amides is 2. The Balaban J connectivity index is 1.84. The smallest absolute Gasteiger partial charge is 0.319 e. The van der Waals surface area contributed by atoms with E-state index >= 15 is 0 Å². The summed E-state index contributed by atoms with van der Waals surface area (Å²) in [6.07, 6.45) is 0.853. The highest BCUT2D eigenvalue weighted by Crippen LogP contribution is 2.17. The molecule has 25 heavy (non-hydrogen) atoms. The lowest BCUT2D eigenvalue weighted by Gasteiger charge is -2.15. The molecule has 5 heteroatoms. The van der Waals surface area contributed by atoms with Crippen molar-refractivity contribution in [2.75, 3.05) is 12.4 Å². The van der Waals surface area contributed by atoms with Crippen LogP contribution in [0.5, 0.6) is 11.5 Å². The largest absolute Gasteiger partial charge is 0.497 e. The third kappa shape index (κ3) is 6.37. The number of anilines is 1. The first-order chi connectivity index (χ1) is 12.0. The van der Waals surface area contributed by atoms with E-state index in [9.17, 15) is 4.79 Å². The van der Waals surface area contributed by atoms with Crippen LogP contribution in [0.25, 0.3) is 0 Å². The van der Waals surface area contributed by atoms with Crippen molar-refractivity contribution in [3.8, 4) is 11.5 Å². The van der Waals surface area contributed by atoms with Gasteiger partial charge in [0.2, 0.25) is 0 Å². The molecule has 0 saturated carbocycles. The van der Waals surface area contributed by atoms with E-state index in [1.165, 1.54) is 0 Å². The molecule has 2 N–H and O–H groups in total. The molecule has 2 amide bonds. The molecular weight excluding hydrogens is 316 g/mol. The first kappa shape index (κ1) is 18.6. The Morgan fingerprint density at radius 3 is 2.40 bits per heavy atom. The summed E-state index contributed by atoms with van der Waals surface area (Å²) in [7, 11) is 1.64. The molecule has 1 atom stereocenters. The van der Waals surface area contributed by atoms with E-state index < -0.39 is 0 Å². The number of urea groups is 1. The van der Waals surface area contributed by atoms with Gasteiger partial charge >= 0.3 is 6.03 Å². The molecule has 0 aliphatic carbocycles. The minimum atomic E-state index is -0.229. The monoisotopic (exact) mass is 342 g/mol. The Hall–Kier alpha value is -2.69. The lowest BCUT2D eigenvalue weighted by Crippen LogP contribution is -2.37. The van der Waals surface area contributed by atoms with Gasteiger partial charge in [0.25, 0.3) is 0 Å². The van der Waals surface area contributed by atoms with Crippen molar-refractivity contribution in [3.05, 3.63) is 54.1 Å². The van der Waals surface area contributed by atoms with E-state index in [4.69, 9.17) is 9.47 Å². The van der Waals surface area contributed by atoms with E-state index in [1.54, 1.807) is 7.11 Å². The average molecular weight is 342 g/mol. The van der Waals surface area contributed by atoms with Gasteiger partial charge < -0.3 is 20.1 Å². The van der Waals surface area contributed by atoms with E-state index in [1.807, 2.05) is 69.3 Å². The second-order valence-electron chi connectivity index (χ2n) is 6.25. The summed E-state index contributed by atoms with van der Waals surface area (Å²) in [4.78, 5) is 12.1. The fraction of sp³-hybridized carbons (Fsp3) is 0.350. The summed E-state index contributed by atoms with van der Waals surface area (Å²) in [5.74, 6) is 1.60. The zero-order chi connectivity index (χ0) is 18.2. The van der Waals surface area contributed by atoms with Crippen LogP contribution in [-0.4, -0.2) is 25.3 Å². The van der Waals surface area contributed by atoms with Crippen LogP contribution in [0.2, 0.25) is 0 Å². The number of hydrogen-bond acceptors (Lipinski definition) is 3. The van der Waals surface area contributed by atoms with Crippen molar-refractivity contribution in [1.82, 2.24) is 5.32 Å². The number of carbonyl (C=O) groups excluding carboxylic acids is 1. The lowest BCUT2D eigenvalue weighted by atomic mass is 10.1. The van der Waals surface area contributed by atoms with Crippen molar-refractivity contribution in [2.24, 2.45) is 0 Å². The molecule has 0 aliphatic rings. The quantitative estimate of drug-likeness (QED) is 0.791. The average Bonchev–Trinajstić information content (AvgIpc) is 2.56. The van der Waals surface area contributed by atoms with E-state index in [2.05, 4.69) is 10.6 Å². The van der Waals surface area contributed by atoms with Gasteiger partial charge in [-0.1, -0.05) is 12.1 Å². The van der Waals surface area contributed by atoms with E-state index in [0.29, 0.717) is 0 Å². The highest BCUT2D eigenvalue weighted by Gasteiger charge is 2.09. The van der Waals surface area contributed by atoms with E-state index in [-0.39, 0.29) is 18.2 Å². The maximum absolute atomic E-state index is 12.1. The van der Waals surface area contributed by atoms with Crippen molar-refractivity contribution in [2.45, 2.75) is 39.3 Å². The van der Waals surface area contributed by atoms with Crippen LogP contribution in [0.1, 0.15) is 26.3 Å². The molecule has 2 aromatic rings. The molecule has 0 saturated heterocycles. The molecule has 0 radical (unpaired) electrons. The number of benzene rings is 2. The molecule has 134 valence electrons. The van der Waals surface area contributed by atoms with Crippen molar-refractivity contribution < 1.29 is 14.3 Å². The van der Waals surface area contributed by atoms with Crippen molar-refractivity contribution >= 4 is 11.7 Å². The molecule has 0 bridgehead atoms. The summed E-state index contributed by atoms with van der Waals surface area (Å²) < 4.78 is 10.8. The van der Waals surface area contributed by atoms with Crippen LogP contribution in [0.3, 0.4) is 0 Å².